The number of nitrogens with one attached hydrogen (secondary N) is 1. The van der Waals surface area contributed by atoms with Gasteiger partial charge in [-0.2, -0.15) is 0 Å². The van der Waals surface area contributed by atoms with Crippen LogP contribution in [0.4, 0.5) is 8.78 Å². The molecule has 7 heteroatoms. The van der Waals surface area contributed by atoms with E-state index in [1.807, 2.05) is 0 Å². The fraction of sp³-hybridized carbons (Fsp3) is 0.200. The molecule has 3 nitrogen and oxygen atoms in total. The fourth-order valence-corrected chi connectivity index (χ4v) is 3.68. The van der Waals surface area contributed by atoms with E-state index >= 15 is 0 Å². The largest absolute Gasteiger partial charge is 0.240 e. The number of hydrogen-bond donors (Lipinski definition) is 1. The minimum absolute atomic E-state index is 0.0845. The van der Waals surface area contributed by atoms with Gasteiger partial charge < -0.3 is 0 Å². The van der Waals surface area contributed by atoms with E-state index in [2.05, 4.69) is 4.72 Å². The van der Waals surface area contributed by atoms with Gasteiger partial charge in [0, 0.05) is 11.4 Å². The minimum Gasteiger partial charge on any atom is -0.211 e. The Balaban J connectivity index is 1.77. The molecule has 0 aliphatic carbocycles. The van der Waals surface area contributed by atoms with Crippen LogP contribution in [0.2, 0.25) is 0 Å². The number of hydrogen-bond acceptors (Lipinski definition) is 3. The molecular weight excluding hydrogens is 328 g/mol. The van der Waals surface area contributed by atoms with Crippen LogP contribution in [-0.4, -0.2) is 20.7 Å². The first-order valence-electron chi connectivity index (χ1n) is 6.61. The zero-order chi connectivity index (χ0) is 16.0. The lowest BCUT2D eigenvalue weighted by Gasteiger charge is -2.07. The fourth-order valence-electron chi connectivity index (χ4n) is 1.72. The molecule has 118 valence electrons. The highest BCUT2D eigenvalue weighted by molar-refractivity contribution is 7.99. The van der Waals surface area contributed by atoms with Gasteiger partial charge in [0.25, 0.3) is 0 Å². The van der Waals surface area contributed by atoms with Gasteiger partial charge in [-0.25, -0.2) is 21.9 Å². The Kier molecular flexibility index (Phi) is 5.93. The summed E-state index contributed by atoms with van der Waals surface area (Å²) < 4.78 is 52.1. The van der Waals surface area contributed by atoms with E-state index in [4.69, 9.17) is 0 Å². The minimum atomic E-state index is -3.68. The second-order valence-electron chi connectivity index (χ2n) is 4.51. The third-order valence-corrected chi connectivity index (χ3v) is 5.36. The van der Waals surface area contributed by atoms with Crippen LogP contribution in [0.5, 0.6) is 0 Å². The molecule has 0 bridgehead atoms. The molecule has 0 atom stereocenters. The standard InChI is InChI=1S/C15H15F2NO2S2/c16-12-5-7-14(8-6-12)21-10-2-9-18-22(19,20)15-4-1-3-13(17)11-15/h1,3-8,11,18H,2,9-10H2. The summed E-state index contributed by atoms with van der Waals surface area (Å²) in [6.07, 6.45) is 0.608. The van der Waals surface area contributed by atoms with Crippen LogP contribution < -0.4 is 4.72 Å². The van der Waals surface area contributed by atoms with Crippen molar-refractivity contribution in [3.05, 3.63) is 60.2 Å². The van der Waals surface area contributed by atoms with Crippen molar-refractivity contribution in [3.8, 4) is 0 Å². The lowest BCUT2D eigenvalue weighted by Crippen LogP contribution is -2.25. The Morgan fingerprint density at radius 1 is 1.00 bits per heavy atom. The van der Waals surface area contributed by atoms with Crippen molar-refractivity contribution in [2.45, 2.75) is 16.2 Å². The molecule has 0 saturated carbocycles. The molecule has 0 aliphatic heterocycles. The average Bonchev–Trinajstić information content (AvgIpc) is 2.49. The maximum absolute atomic E-state index is 13.0. The maximum Gasteiger partial charge on any atom is 0.240 e. The van der Waals surface area contributed by atoms with Gasteiger partial charge in [0.15, 0.2) is 0 Å². The molecule has 0 amide bonds. The predicted octanol–water partition coefficient (Wildman–Crippen LogP) is 3.43. The summed E-state index contributed by atoms with van der Waals surface area (Å²) in [6.45, 7) is 0.257. The smallest absolute Gasteiger partial charge is 0.211 e. The highest BCUT2D eigenvalue weighted by atomic mass is 32.2. The van der Waals surface area contributed by atoms with Crippen molar-refractivity contribution >= 4 is 21.8 Å². The molecule has 0 radical (unpaired) electrons. The zero-order valence-electron chi connectivity index (χ0n) is 11.6. The van der Waals surface area contributed by atoms with Crippen molar-refractivity contribution in [1.29, 1.82) is 0 Å². The average molecular weight is 343 g/mol. The Hall–Kier alpha value is -1.44. The van der Waals surface area contributed by atoms with Crippen molar-refractivity contribution < 1.29 is 17.2 Å². The molecular formula is C15H15F2NO2S2. The second-order valence-corrected chi connectivity index (χ2v) is 7.45. The van der Waals surface area contributed by atoms with Gasteiger partial charge in [-0.1, -0.05) is 6.07 Å². The first-order chi connectivity index (χ1) is 10.5. The van der Waals surface area contributed by atoms with Gasteiger partial charge in [-0.05, 0) is 54.6 Å². The van der Waals surface area contributed by atoms with E-state index < -0.39 is 15.8 Å². The number of halogens is 2. The summed E-state index contributed by atoms with van der Waals surface area (Å²) in [7, 11) is -3.68. The monoisotopic (exact) mass is 343 g/mol. The topological polar surface area (TPSA) is 46.2 Å². The summed E-state index contributed by atoms with van der Waals surface area (Å²) in [4.78, 5) is 0.841. The van der Waals surface area contributed by atoms with E-state index in [1.54, 1.807) is 12.1 Å². The quantitative estimate of drug-likeness (QED) is 0.619. The number of benzene rings is 2. The van der Waals surface area contributed by atoms with Crippen LogP contribution >= 0.6 is 11.8 Å². The third-order valence-electron chi connectivity index (χ3n) is 2.80. The lowest BCUT2D eigenvalue weighted by molar-refractivity contribution is 0.577. The molecule has 2 aromatic carbocycles. The Morgan fingerprint density at radius 3 is 2.41 bits per heavy atom. The van der Waals surface area contributed by atoms with E-state index in [9.17, 15) is 17.2 Å². The van der Waals surface area contributed by atoms with E-state index in [1.165, 1.54) is 42.1 Å². The maximum atomic E-state index is 13.0. The van der Waals surface area contributed by atoms with E-state index in [-0.39, 0.29) is 17.3 Å². The molecule has 1 N–H and O–H groups in total. The van der Waals surface area contributed by atoms with Gasteiger partial charge in [0.2, 0.25) is 10.0 Å². The highest BCUT2D eigenvalue weighted by Crippen LogP contribution is 2.18. The molecule has 2 rings (SSSR count). The molecule has 0 fully saturated rings. The lowest BCUT2D eigenvalue weighted by atomic mass is 10.4. The Labute approximate surface area is 132 Å². The van der Waals surface area contributed by atoms with Crippen LogP contribution in [0.1, 0.15) is 6.42 Å². The first kappa shape index (κ1) is 16.9. The molecule has 0 saturated heterocycles. The molecule has 2 aromatic rings. The van der Waals surface area contributed by atoms with Gasteiger partial charge in [-0.15, -0.1) is 11.8 Å². The molecule has 0 unspecified atom stereocenters. The van der Waals surface area contributed by atoms with Gasteiger partial charge in [0.1, 0.15) is 11.6 Å². The molecule has 0 aliphatic rings. The normalized spacial score (nSPS) is 11.5. The van der Waals surface area contributed by atoms with Gasteiger partial charge in [-0.3, -0.25) is 0 Å². The highest BCUT2D eigenvalue weighted by Gasteiger charge is 2.13. The van der Waals surface area contributed by atoms with Crippen molar-refractivity contribution in [3.63, 3.8) is 0 Å². The van der Waals surface area contributed by atoms with Crippen LogP contribution in [0.25, 0.3) is 0 Å². The predicted molar refractivity (Wildman–Crippen MR) is 83.3 cm³/mol. The first-order valence-corrected chi connectivity index (χ1v) is 9.08. The molecule has 0 aromatic heterocycles. The third kappa shape index (κ3) is 5.08. The van der Waals surface area contributed by atoms with Crippen LogP contribution in [0.3, 0.4) is 0 Å². The van der Waals surface area contributed by atoms with Gasteiger partial charge in [0.05, 0.1) is 4.90 Å². The number of rotatable bonds is 7. The SMILES string of the molecule is O=S(=O)(NCCCSc1ccc(F)cc1)c1cccc(F)c1. The van der Waals surface area contributed by atoms with Crippen LogP contribution in [0, 0.1) is 11.6 Å². The molecule has 0 spiro atoms. The van der Waals surface area contributed by atoms with Crippen molar-refractivity contribution in [1.82, 2.24) is 4.72 Å². The number of sulfonamides is 1. The summed E-state index contributed by atoms with van der Waals surface area (Å²) in [5, 5.41) is 0. The van der Waals surface area contributed by atoms with E-state index in [0.29, 0.717) is 12.2 Å². The van der Waals surface area contributed by atoms with Crippen molar-refractivity contribution in [2.75, 3.05) is 12.3 Å². The Morgan fingerprint density at radius 2 is 1.73 bits per heavy atom. The van der Waals surface area contributed by atoms with Crippen LogP contribution in [0.15, 0.2) is 58.3 Å². The van der Waals surface area contributed by atoms with E-state index in [0.717, 1.165) is 11.0 Å². The molecule has 22 heavy (non-hydrogen) atoms. The summed E-state index contributed by atoms with van der Waals surface area (Å²) >= 11 is 1.52. The molecule has 0 heterocycles. The summed E-state index contributed by atoms with van der Waals surface area (Å²) in [5.41, 5.74) is 0. The Bertz CT molecular complexity index is 719. The van der Waals surface area contributed by atoms with Crippen molar-refractivity contribution in [2.24, 2.45) is 0 Å². The number of thioether (sulfide) groups is 1. The van der Waals surface area contributed by atoms with Crippen LogP contribution in [-0.2, 0) is 10.0 Å². The summed E-state index contributed by atoms with van der Waals surface area (Å²) in [6, 6.07) is 11.0. The zero-order valence-corrected chi connectivity index (χ0v) is 13.3. The second kappa shape index (κ2) is 7.71. The van der Waals surface area contributed by atoms with Gasteiger partial charge >= 0.3 is 0 Å². The summed E-state index contributed by atoms with van der Waals surface area (Å²) in [5.74, 6) is -0.181.